The van der Waals surface area contributed by atoms with Crippen molar-refractivity contribution in [3.05, 3.63) is 174 Å². The maximum absolute atomic E-state index is 6.88. The van der Waals surface area contributed by atoms with Crippen LogP contribution < -0.4 is 15.0 Å². The highest BCUT2D eigenvalue weighted by Gasteiger charge is 2.39. The Morgan fingerprint density at radius 2 is 1.32 bits per heavy atom. The normalized spacial score (nSPS) is 16.4. The molecule has 1 aliphatic carbocycles. The van der Waals surface area contributed by atoms with Crippen molar-refractivity contribution in [2.24, 2.45) is 0 Å². The molecule has 1 aromatic heterocycles. The van der Waals surface area contributed by atoms with E-state index in [-0.39, 0.29) is 12.0 Å². The van der Waals surface area contributed by atoms with Gasteiger partial charge in [0.05, 0.1) is 17.1 Å². The molecule has 2 heterocycles. The monoisotopic (exact) mass is 646 g/mol. The second kappa shape index (κ2) is 11.1. The molecule has 4 nitrogen and oxygen atoms in total. The number of fused-ring (bicyclic) bond motifs is 10. The Bertz CT molecular complexity index is 2680. The van der Waals surface area contributed by atoms with Crippen molar-refractivity contribution >= 4 is 66.2 Å². The third-order valence-corrected chi connectivity index (χ3v) is 10.3. The van der Waals surface area contributed by atoms with Crippen LogP contribution >= 0.6 is 0 Å². The number of rotatable bonds is 5. The van der Waals surface area contributed by atoms with Crippen molar-refractivity contribution in [3.8, 4) is 5.75 Å². The van der Waals surface area contributed by atoms with Gasteiger partial charge in [0, 0.05) is 55.9 Å². The van der Waals surface area contributed by atoms with Crippen LogP contribution in [0.25, 0.3) is 43.5 Å². The smallest absolute Gasteiger partial charge is 0.149 e. The van der Waals surface area contributed by atoms with E-state index in [0.717, 1.165) is 77.7 Å². The minimum absolute atomic E-state index is 0.132. The SMILES string of the molecule is Cc1ccc(Nc2cc3oc4c5ccccc5c(N(C5=CC=CC6c7ccccc7OC56)c5ccc(C)cc5)cc4c3c3ccccc23)cc1. The number of ether oxygens (including phenoxy) is 1. The summed E-state index contributed by atoms with van der Waals surface area (Å²) < 4.78 is 13.6. The fraction of sp³-hybridized carbons (Fsp3) is 0.0870. The lowest BCUT2D eigenvalue weighted by molar-refractivity contribution is 0.253. The number of anilines is 4. The molecule has 7 aromatic carbocycles. The minimum Gasteiger partial charge on any atom is -0.483 e. The highest BCUT2D eigenvalue weighted by Crippen LogP contribution is 2.50. The van der Waals surface area contributed by atoms with Crippen molar-refractivity contribution < 1.29 is 9.15 Å². The average molecular weight is 647 g/mol. The third kappa shape index (κ3) is 4.45. The average Bonchev–Trinajstić information content (AvgIpc) is 3.73. The molecule has 10 rings (SSSR count). The summed E-state index contributed by atoms with van der Waals surface area (Å²) in [6, 6.07) is 47.5. The van der Waals surface area contributed by atoms with Crippen LogP contribution in [-0.4, -0.2) is 6.10 Å². The summed E-state index contributed by atoms with van der Waals surface area (Å²) in [6.45, 7) is 4.24. The maximum Gasteiger partial charge on any atom is 0.149 e. The Kier molecular flexibility index (Phi) is 6.40. The lowest BCUT2D eigenvalue weighted by Crippen LogP contribution is -2.32. The minimum atomic E-state index is -0.162. The second-order valence-electron chi connectivity index (χ2n) is 13.5. The molecule has 240 valence electrons. The fourth-order valence-corrected chi connectivity index (χ4v) is 7.90. The van der Waals surface area contributed by atoms with E-state index in [0.29, 0.717) is 0 Å². The molecule has 0 saturated carbocycles. The van der Waals surface area contributed by atoms with Crippen molar-refractivity contribution in [1.29, 1.82) is 0 Å². The van der Waals surface area contributed by atoms with E-state index in [1.54, 1.807) is 0 Å². The fourth-order valence-electron chi connectivity index (χ4n) is 7.90. The number of furan rings is 1. The summed E-state index contributed by atoms with van der Waals surface area (Å²) in [5.41, 5.74) is 10.8. The topological polar surface area (TPSA) is 37.6 Å². The van der Waals surface area contributed by atoms with E-state index in [1.807, 2.05) is 0 Å². The number of nitrogens with zero attached hydrogens (tertiary/aromatic N) is 1. The Balaban J connectivity index is 1.23. The van der Waals surface area contributed by atoms with E-state index in [9.17, 15) is 0 Å². The predicted molar refractivity (Wildman–Crippen MR) is 207 cm³/mol. The number of nitrogens with one attached hydrogen (secondary N) is 1. The van der Waals surface area contributed by atoms with Gasteiger partial charge >= 0.3 is 0 Å². The quantitative estimate of drug-likeness (QED) is 0.202. The van der Waals surface area contributed by atoms with Crippen molar-refractivity contribution in [2.45, 2.75) is 25.9 Å². The summed E-state index contributed by atoms with van der Waals surface area (Å²) >= 11 is 0. The van der Waals surface area contributed by atoms with E-state index >= 15 is 0 Å². The van der Waals surface area contributed by atoms with Gasteiger partial charge in [-0.2, -0.15) is 0 Å². The van der Waals surface area contributed by atoms with Crippen molar-refractivity contribution in [2.75, 3.05) is 10.2 Å². The molecular weight excluding hydrogens is 613 g/mol. The van der Waals surface area contributed by atoms with Gasteiger partial charge in [0.2, 0.25) is 0 Å². The molecular formula is C46H34N2O2. The first kappa shape index (κ1) is 28.7. The largest absolute Gasteiger partial charge is 0.483 e. The first-order chi connectivity index (χ1) is 24.6. The molecule has 0 radical (unpaired) electrons. The van der Waals surface area contributed by atoms with Crippen LogP contribution in [-0.2, 0) is 0 Å². The number of hydrogen-bond donors (Lipinski definition) is 1. The van der Waals surface area contributed by atoms with Gasteiger partial charge in [0.25, 0.3) is 0 Å². The first-order valence-corrected chi connectivity index (χ1v) is 17.2. The molecule has 50 heavy (non-hydrogen) atoms. The van der Waals surface area contributed by atoms with Gasteiger partial charge < -0.3 is 19.4 Å². The van der Waals surface area contributed by atoms with Crippen LogP contribution in [0, 0.1) is 13.8 Å². The molecule has 0 fully saturated rings. The number of benzene rings is 7. The number of aryl methyl sites for hydroxylation is 2. The Morgan fingerprint density at radius 1 is 0.640 bits per heavy atom. The summed E-state index contributed by atoms with van der Waals surface area (Å²) in [4.78, 5) is 2.41. The number of para-hydroxylation sites is 1. The highest BCUT2D eigenvalue weighted by atomic mass is 16.5. The van der Waals surface area contributed by atoms with Crippen LogP contribution in [0.15, 0.2) is 162 Å². The van der Waals surface area contributed by atoms with Gasteiger partial charge in [-0.15, -0.1) is 0 Å². The van der Waals surface area contributed by atoms with Crippen LogP contribution in [0.2, 0.25) is 0 Å². The summed E-state index contributed by atoms with van der Waals surface area (Å²) in [5, 5.41) is 10.4. The van der Waals surface area contributed by atoms with Crippen LogP contribution in [0.3, 0.4) is 0 Å². The Morgan fingerprint density at radius 3 is 2.12 bits per heavy atom. The highest BCUT2D eigenvalue weighted by molar-refractivity contribution is 6.27. The molecule has 8 aromatic rings. The molecule has 2 unspecified atom stereocenters. The zero-order valence-electron chi connectivity index (χ0n) is 27.9. The van der Waals surface area contributed by atoms with Crippen LogP contribution in [0.1, 0.15) is 22.6 Å². The Hall–Kier alpha value is -6.26. The number of allylic oxidation sites excluding steroid dienone is 2. The van der Waals surface area contributed by atoms with Gasteiger partial charge in [-0.05, 0) is 61.7 Å². The standard InChI is InChI=1S/C46H34N2O2/c1-28-18-22-30(23-19-28)47-39-27-43-44(35-13-5-3-10-32(35)39)38-26-41(33-11-4-6-14-36(33)45(38)50-43)48(31-24-20-29(2)21-25-31)40-16-9-15-37-34-12-7-8-17-42(34)49-46(37)40/h3-27,37,46-47H,1-2H3. The van der Waals surface area contributed by atoms with E-state index in [2.05, 4.69) is 176 Å². The van der Waals surface area contributed by atoms with Gasteiger partial charge in [-0.1, -0.05) is 114 Å². The zero-order chi connectivity index (χ0) is 33.3. The summed E-state index contributed by atoms with van der Waals surface area (Å²) in [5.74, 6) is 1.08. The van der Waals surface area contributed by atoms with Gasteiger partial charge in [-0.3, -0.25) is 0 Å². The van der Waals surface area contributed by atoms with Gasteiger partial charge in [-0.25, -0.2) is 0 Å². The first-order valence-electron chi connectivity index (χ1n) is 17.2. The molecule has 0 spiro atoms. The van der Waals surface area contributed by atoms with E-state index in [4.69, 9.17) is 9.15 Å². The lowest BCUT2D eigenvalue weighted by atomic mass is 9.89. The molecule has 2 aliphatic rings. The molecule has 2 atom stereocenters. The van der Waals surface area contributed by atoms with Gasteiger partial charge in [0.1, 0.15) is 23.0 Å². The number of hydrogen-bond acceptors (Lipinski definition) is 4. The third-order valence-electron chi connectivity index (χ3n) is 10.3. The van der Waals surface area contributed by atoms with Crippen LogP contribution in [0.4, 0.5) is 22.7 Å². The van der Waals surface area contributed by atoms with Crippen LogP contribution in [0.5, 0.6) is 5.75 Å². The molecule has 1 aliphatic heterocycles. The van der Waals surface area contributed by atoms with Gasteiger partial charge in [0.15, 0.2) is 0 Å². The summed E-state index contributed by atoms with van der Waals surface area (Å²) in [6.07, 6.45) is 6.52. The lowest BCUT2D eigenvalue weighted by Gasteiger charge is -2.34. The van der Waals surface area contributed by atoms with E-state index in [1.165, 1.54) is 16.7 Å². The van der Waals surface area contributed by atoms with Crippen molar-refractivity contribution in [1.82, 2.24) is 0 Å². The maximum atomic E-state index is 6.88. The molecule has 0 saturated heterocycles. The second-order valence-corrected chi connectivity index (χ2v) is 13.5. The zero-order valence-corrected chi connectivity index (χ0v) is 27.9. The Labute approximate surface area is 290 Å². The summed E-state index contributed by atoms with van der Waals surface area (Å²) in [7, 11) is 0. The van der Waals surface area contributed by atoms with E-state index < -0.39 is 0 Å². The molecule has 4 heteroatoms. The molecule has 0 amide bonds. The van der Waals surface area contributed by atoms with Crippen molar-refractivity contribution in [3.63, 3.8) is 0 Å². The molecule has 1 N–H and O–H groups in total. The predicted octanol–water partition coefficient (Wildman–Crippen LogP) is 12.4. The molecule has 0 bridgehead atoms.